The van der Waals surface area contributed by atoms with Crippen molar-refractivity contribution >= 4 is 0 Å². The van der Waals surface area contributed by atoms with E-state index in [1.165, 1.54) is 18.4 Å². The van der Waals surface area contributed by atoms with Gasteiger partial charge in [-0.1, -0.05) is 25.0 Å². The smallest absolute Gasteiger partial charge is 0.0326 e. The summed E-state index contributed by atoms with van der Waals surface area (Å²) in [6.45, 7) is 8.09. The minimum absolute atomic E-state index is 0.936. The monoisotopic (exact) mass is 111 g/mol. The van der Waals surface area contributed by atoms with E-state index in [0.717, 1.165) is 6.42 Å². The summed E-state index contributed by atoms with van der Waals surface area (Å²) in [5.74, 6) is 0. The third-order valence-electron chi connectivity index (χ3n) is 1.14. The van der Waals surface area contributed by atoms with Gasteiger partial charge in [0, 0.05) is 0 Å². The normalized spacial score (nSPS) is 12.1. The highest BCUT2D eigenvalue weighted by Gasteiger charge is 1.82. The topological polar surface area (TPSA) is 0 Å². The van der Waals surface area contributed by atoms with E-state index in [1.807, 2.05) is 0 Å². The van der Waals surface area contributed by atoms with Crippen LogP contribution in [0.15, 0.2) is 11.6 Å². The van der Waals surface area contributed by atoms with Crippen molar-refractivity contribution in [2.24, 2.45) is 0 Å². The van der Waals surface area contributed by atoms with Gasteiger partial charge in [-0.2, -0.15) is 0 Å². The highest BCUT2D eigenvalue weighted by atomic mass is 13.9. The van der Waals surface area contributed by atoms with E-state index in [9.17, 15) is 0 Å². The molecule has 0 aromatic heterocycles. The Labute approximate surface area is 52.6 Å². The Morgan fingerprint density at radius 2 is 2.25 bits per heavy atom. The first kappa shape index (κ1) is 7.74. The fraction of sp³-hybridized carbons (Fsp3) is 0.625. The maximum Gasteiger partial charge on any atom is -0.0326 e. The fourth-order valence-corrected chi connectivity index (χ4v) is 0.743. The molecule has 0 amide bonds. The van der Waals surface area contributed by atoms with Crippen molar-refractivity contribution in [3.63, 3.8) is 0 Å². The number of hydrogen-bond acceptors (Lipinski definition) is 0. The molecule has 0 rings (SSSR count). The molecular weight excluding hydrogens is 96.1 g/mol. The minimum atomic E-state index is 0.936. The van der Waals surface area contributed by atoms with Gasteiger partial charge in [-0.3, -0.25) is 0 Å². The number of allylic oxidation sites excluding steroid dienone is 2. The van der Waals surface area contributed by atoms with Crippen LogP contribution < -0.4 is 0 Å². The third-order valence-corrected chi connectivity index (χ3v) is 1.14. The molecule has 0 bridgehead atoms. The van der Waals surface area contributed by atoms with Crippen molar-refractivity contribution in [1.29, 1.82) is 0 Å². The molecule has 1 radical (unpaired) electrons. The van der Waals surface area contributed by atoms with Gasteiger partial charge in [0.1, 0.15) is 0 Å². The largest absolute Gasteiger partial charge is 0.0856 e. The Bertz CT molecular complexity index is 70.1. The van der Waals surface area contributed by atoms with E-state index in [1.54, 1.807) is 0 Å². The predicted octanol–water partition coefficient (Wildman–Crippen LogP) is 2.96. The lowest BCUT2D eigenvalue weighted by atomic mass is 10.1. The Kier molecular flexibility index (Phi) is 4.73. The van der Waals surface area contributed by atoms with Gasteiger partial charge in [-0.25, -0.2) is 0 Å². The molecule has 0 aliphatic heterocycles. The standard InChI is InChI=1S/C8H15/c1-4-6-8(3)7-5-2/h6H,1,4-5,7H2,2-3H3/b8-6+. The lowest BCUT2D eigenvalue weighted by Gasteiger charge is -1.93. The zero-order valence-corrected chi connectivity index (χ0v) is 5.91. The molecule has 0 aromatic carbocycles. The number of rotatable bonds is 3. The summed E-state index contributed by atoms with van der Waals surface area (Å²) in [5.41, 5.74) is 1.47. The molecule has 47 valence electrons. The van der Waals surface area contributed by atoms with Crippen molar-refractivity contribution in [3.05, 3.63) is 18.6 Å². The van der Waals surface area contributed by atoms with Gasteiger partial charge in [-0.05, 0) is 26.7 Å². The molecule has 0 aliphatic rings. The molecule has 0 saturated carbocycles. The molecule has 8 heavy (non-hydrogen) atoms. The summed E-state index contributed by atoms with van der Waals surface area (Å²) in [6, 6.07) is 0. The molecule has 0 spiro atoms. The Morgan fingerprint density at radius 3 is 2.62 bits per heavy atom. The summed E-state index contributed by atoms with van der Waals surface area (Å²) >= 11 is 0. The highest BCUT2D eigenvalue weighted by molar-refractivity contribution is 4.97. The zero-order chi connectivity index (χ0) is 6.41. The van der Waals surface area contributed by atoms with Crippen LogP contribution in [0, 0.1) is 6.92 Å². The van der Waals surface area contributed by atoms with Crippen LogP contribution in [0.25, 0.3) is 0 Å². The molecule has 0 unspecified atom stereocenters. The summed E-state index contributed by atoms with van der Waals surface area (Å²) in [6.07, 6.45) is 5.60. The van der Waals surface area contributed by atoms with Gasteiger partial charge in [0.05, 0.1) is 0 Å². The van der Waals surface area contributed by atoms with Crippen LogP contribution >= 0.6 is 0 Å². The molecule has 0 atom stereocenters. The number of hydrogen-bond donors (Lipinski definition) is 0. The first-order chi connectivity index (χ1) is 3.81. The van der Waals surface area contributed by atoms with Crippen LogP contribution in [-0.2, 0) is 0 Å². The highest BCUT2D eigenvalue weighted by Crippen LogP contribution is 2.02. The van der Waals surface area contributed by atoms with Crippen LogP contribution in [0.4, 0.5) is 0 Å². The molecule has 0 nitrogen and oxygen atoms in total. The summed E-state index contributed by atoms with van der Waals surface area (Å²) in [4.78, 5) is 0. The maximum absolute atomic E-state index is 3.73. The van der Waals surface area contributed by atoms with E-state index in [-0.39, 0.29) is 0 Å². The first-order valence-electron chi connectivity index (χ1n) is 3.26. The van der Waals surface area contributed by atoms with Gasteiger partial charge in [0.25, 0.3) is 0 Å². The van der Waals surface area contributed by atoms with Crippen LogP contribution in [0.1, 0.15) is 33.1 Å². The van der Waals surface area contributed by atoms with Gasteiger partial charge in [0.15, 0.2) is 0 Å². The van der Waals surface area contributed by atoms with Crippen molar-refractivity contribution in [2.75, 3.05) is 0 Å². The molecule has 0 fully saturated rings. The summed E-state index contributed by atoms with van der Waals surface area (Å²) < 4.78 is 0. The SMILES string of the molecule is [CH2]C/C=C(\C)CCC. The van der Waals surface area contributed by atoms with Gasteiger partial charge in [-0.15, -0.1) is 0 Å². The molecule has 0 saturated heterocycles. The second-order valence-corrected chi connectivity index (χ2v) is 2.09. The third kappa shape index (κ3) is 3.91. The molecular formula is C8H15. The van der Waals surface area contributed by atoms with Crippen LogP contribution in [0.2, 0.25) is 0 Å². The summed E-state index contributed by atoms with van der Waals surface area (Å²) in [7, 11) is 0. The van der Waals surface area contributed by atoms with Gasteiger partial charge >= 0.3 is 0 Å². The average Bonchev–Trinajstić information content (AvgIpc) is 1.68. The second kappa shape index (κ2) is 4.89. The Morgan fingerprint density at radius 1 is 1.62 bits per heavy atom. The Hall–Kier alpha value is -0.260. The van der Waals surface area contributed by atoms with E-state index < -0.39 is 0 Å². The van der Waals surface area contributed by atoms with E-state index in [0.29, 0.717) is 0 Å². The van der Waals surface area contributed by atoms with E-state index in [2.05, 4.69) is 26.8 Å². The van der Waals surface area contributed by atoms with Crippen LogP contribution in [0.3, 0.4) is 0 Å². The Balaban J connectivity index is 3.29. The molecule has 0 heterocycles. The molecule has 0 N–H and O–H groups in total. The maximum atomic E-state index is 3.73. The van der Waals surface area contributed by atoms with E-state index in [4.69, 9.17) is 0 Å². The van der Waals surface area contributed by atoms with Crippen molar-refractivity contribution < 1.29 is 0 Å². The zero-order valence-electron chi connectivity index (χ0n) is 5.91. The van der Waals surface area contributed by atoms with Crippen LogP contribution in [0.5, 0.6) is 0 Å². The van der Waals surface area contributed by atoms with Gasteiger partial charge < -0.3 is 0 Å². The lowest BCUT2D eigenvalue weighted by Crippen LogP contribution is -1.72. The van der Waals surface area contributed by atoms with Gasteiger partial charge in [0.2, 0.25) is 0 Å². The minimum Gasteiger partial charge on any atom is -0.0856 e. The summed E-state index contributed by atoms with van der Waals surface area (Å²) in [5, 5.41) is 0. The van der Waals surface area contributed by atoms with Crippen molar-refractivity contribution in [2.45, 2.75) is 33.1 Å². The predicted molar refractivity (Wildman–Crippen MR) is 38.6 cm³/mol. The van der Waals surface area contributed by atoms with Crippen molar-refractivity contribution in [1.82, 2.24) is 0 Å². The average molecular weight is 111 g/mol. The van der Waals surface area contributed by atoms with E-state index >= 15 is 0 Å². The molecule has 0 aliphatic carbocycles. The second-order valence-electron chi connectivity index (χ2n) is 2.09. The fourth-order valence-electron chi connectivity index (χ4n) is 0.743. The quantitative estimate of drug-likeness (QED) is 0.491. The molecule has 0 heteroatoms. The lowest BCUT2D eigenvalue weighted by molar-refractivity contribution is 0.899. The molecule has 0 aromatic rings. The first-order valence-corrected chi connectivity index (χ1v) is 3.26. The van der Waals surface area contributed by atoms with Crippen LogP contribution in [-0.4, -0.2) is 0 Å². The van der Waals surface area contributed by atoms with Crippen molar-refractivity contribution in [3.8, 4) is 0 Å².